The van der Waals surface area contributed by atoms with Crippen LogP contribution in [0.4, 0.5) is 5.82 Å². The average Bonchev–Trinajstić information content (AvgIpc) is 2.94. The number of ether oxygens (including phenoxy) is 1. The van der Waals surface area contributed by atoms with Gasteiger partial charge in [0.15, 0.2) is 0 Å². The molecule has 18 heavy (non-hydrogen) atoms. The van der Waals surface area contributed by atoms with Gasteiger partial charge in [-0.2, -0.15) is 5.10 Å². The lowest BCUT2D eigenvalue weighted by molar-refractivity contribution is 0.0527. The van der Waals surface area contributed by atoms with Crippen LogP contribution < -0.4 is 5.32 Å². The molecule has 0 aliphatic heterocycles. The van der Waals surface area contributed by atoms with E-state index in [2.05, 4.69) is 10.4 Å². The molecule has 0 aromatic carbocycles. The molecule has 0 saturated carbocycles. The molecule has 0 radical (unpaired) electrons. The Kier molecular flexibility index (Phi) is 3.36. The number of esters is 1. The van der Waals surface area contributed by atoms with Crippen molar-refractivity contribution in [3.63, 3.8) is 0 Å². The van der Waals surface area contributed by atoms with Crippen molar-refractivity contribution in [2.45, 2.75) is 6.92 Å². The van der Waals surface area contributed by atoms with Crippen LogP contribution in [0.15, 0.2) is 24.5 Å². The summed E-state index contributed by atoms with van der Waals surface area (Å²) in [5.41, 5.74) is 0.431. The fraction of sp³-hybridized carbons (Fsp3) is 0.333. The normalized spacial score (nSPS) is 10.4. The van der Waals surface area contributed by atoms with E-state index in [1.54, 1.807) is 18.7 Å². The minimum Gasteiger partial charge on any atom is -0.462 e. The molecule has 6 nitrogen and oxygen atoms in total. The van der Waals surface area contributed by atoms with Gasteiger partial charge in [0.2, 0.25) is 0 Å². The average molecular weight is 248 g/mol. The zero-order valence-corrected chi connectivity index (χ0v) is 10.7. The molecule has 0 spiro atoms. The standard InChI is InChI=1S/C12H16N4O2/c1-4-18-12(17)9-8-14-16(11(9)13-2)10-6-5-7-15(10)3/h5-8,13H,4H2,1-3H3. The number of nitrogens with one attached hydrogen (secondary N) is 1. The highest BCUT2D eigenvalue weighted by Crippen LogP contribution is 2.20. The minimum absolute atomic E-state index is 0.345. The van der Waals surface area contributed by atoms with E-state index in [1.165, 1.54) is 6.20 Å². The third-order valence-electron chi connectivity index (χ3n) is 2.63. The molecule has 6 heteroatoms. The fourth-order valence-electron chi connectivity index (χ4n) is 1.79. The second-order valence-corrected chi connectivity index (χ2v) is 3.77. The molecular formula is C12H16N4O2. The Balaban J connectivity index is 2.45. The third kappa shape index (κ3) is 1.97. The molecule has 2 aromatic heterocycles. The van der Waals surface area contributed by atoms with E-state index in [0.717, 1.165) is 5.82 Å². The van der Waals surface area contributed by atoms with Crippen LogP contribution in [0.25, 0.3) is 5.82 Å². The lowest BCUT2D eigenvalue weighted by Crippen LogP contribution is -2.10. The summed E-state index contributed by atoms with van der Waals surface area (Å²) >= 11 is 0. The Hall–Kier alpha value is -2.24. The van der Waals surface area contributed by atoms with E-state index in [0.29, 0.717) is 18.0 Å². The number of hydrogen-bond donors (Lipinski definition) is 1. The van der Waals surface area contributed by atoms with Crippen molar-refractivity contribution in [1.29, 1.82) is 0 Å². The number of anilines is 1. The van der Waals surface area contributed by atoms with Crippen LogP contribution in [0.5, 0.6) is 0 Å². The Bertz CT molecular complexity index is 556. The first-order valence-corrected chi connectivity index (χ1v) is 5.73. The van der Waals surface area contributed by atoms with Crippen molar-refractivity contribution < 1.29 is 9.53 Å². The molecule has 1 N–H and O–H groups in total. The van der Waals surface area contributed by atoms with Gasteiger partial charge in [0.25, 0.3) is 0 Å². The molecule has 2 rings (SSSR count). The van der Waals surface area contributed by atoms with Gasteiger partial charge in [0.1, 0.15) is 17.2 Å². The predicted molar refractivity (Wildman–Crippen MR) is 68.0 cm³/mol. The Morgan fingerprint density at radius 3 is 2.89 bits per heavy atom. The van der Waals surface area contributed by atoms with Crippen molar-refractivity contribution in [3.8, 4) is 5.82 Å². The van der Waals surface area contributed by atoms with Crippen molar-refractivity contribution in [2.75, 3.05) is 19.0 Å². The van der Waals surface area contributed by atoms with Crippen LogP contribution in [-0.4, -0.2) is 34.0 Å². The van der Waals surface area contributed by atoms with Crippen LogP contribution >= 0.6 is 0 Å². The number of hydrogen-bond acceptors (Lipinski definition) is 4. The maximum absolute atomic E-state index is 11.8. The predicted octanol–water partition coefficient (Wildman–Crippen LogP) is 1.43. The van der Waals surface area contributed by atoms with Crippen LogP contribution in [-0.2, 0) is 11.8 Å². The minimum atomic E-state index is -0.373. The maximum Gasteiger partial charge on any atom is 0.343 e. The lowest BCUT2D eigenvalue weighted by atomic mass is 10.3. The zero-order chi connectivity index (χ0) is 13.1. The number of carbonyl (C=O) groups is 1. The first-order valence-electron chi connectivity index (χ1n) is 5.73. The van der Waals surface area contributed by atoms with E-state index in [-0.39, 0.29) is 5.97 Å². The van der Waals surface area contributed by atoms with E-state index < -0.39 is 0 Å². The molecule has 2 heterocycles. The second-order valence-electron chi connectivity index (χ2n) is 3.77. The summed E-state index contributed by atoms with van der Waals surface area (Å²) in [5, 5.41) is 7.21. The van der Waals surface area contributed by atoms with Crippen LogP contribution in [0.1, 0.15) is 17.3 Å². The first-order chi connectivity index (χ1) is 8.69. The highest BCUT2D eigenvalue weighted by atomic mass is 16.5. The molecular weight excluding hydrogens is 232 g/mol. The molecule has 0 fully saturated rings. The van der Waals surface area contributed by atoms with E-state index in [4.69, 9.17) is 4.74 Å². The molecule has 0 bridgehead atoms. The summed E-state index contributed by atoms with van der Waals surface area (Å²) in [4.78, 5) is 11.8. The largest absolute Gasteiger partial charge is 0.462 e. The number of aryl methyl sites for hydroxylation is 1. The highest BCUT2D eigenvalue weighted by molar-refractivity contribution is 5.94. The number of carbonyl (C=O) groups excluding carboxylic acids is 1. The quantitative estimate of drug-likeness (QED) is 0.831. The summed E-state index contributed by atoms with van der Waals surface area (Å²) < 4.78 is 8.58. The number of aromatic nitrogens is 3. The molecule has 0 aliphatic rings. The van der Waals surface area contributed by atoms with Gasteiger partial charge in [-0.3, -0.25) is 0 Å². The molecule has 0 unspecified atom stereocenters. The lowest BCUT2D eigenvalue weighted by Gasteiger charge is -2.09. The van der Waals surface area contributed by atoms with Crippen molar-refractivity contribution in [1.82, 2.24) is 14.3 Å². The van der Waals surface area contributed by atoms with Gasteiger partial charge in [0, 0.05) is 20.3 Å². The van der Waals surface area contributed by atoms with Gasteiger partial charge in [-0.1, -0.05) is 0 Å². The van der Waals surface area contributed by atoms with Gasteiger partial charge in [-0.15, -0.1) is 0 Å². The number of nitrogens with zero attached hydrogens (tertiary/aromatic N) is 3. The monoisotopic (exact) mass is 248 g/mol. The SMILES string of the molecule is CCOC(=O)c1cnn(-c2cccn2C)c1NC. The Labute approximate surface area is 105 Å². The summed E-state index contributed by atoms with van der Waals surface area (Å²) in [7, 11) is 3.67. The van der Waals surface area contributed by atoms with E-state index in [1.807, 2.05) is 29.9 Å². The van der Waals surface area contributed by atoms with E-state index >= 15 is 0 Å². The second kappa shape index (κ2) is 4.95. The first kappa shape index (κ1) is 12.2. The molecule has 2 aromatic rings. The number of rotatable bonds is 4. The Morgan fingerprint density at radius 1 is 1.56 bits per heavy atom. The van der Waals surface area contributed by atoms with E-state index in [9.17, 15) is 4.79 Å². The van der Waals surface area contributed by atoms with Crippen LogP contribution in [0.2, 0.25) is 0 Å². The highest BCUT2D eigenvalue weighted by Gasteiger charge is 2.19. The van der Waals surface area contributed by atoms with Crippen molar-refractivity contribution >= 4 is 11.8 Å². The van der Waals surface area contributed by atoms with Crippen LogP contribution in [0, 0.1) is 0 Å². The van der Waals surface area contributed by atoms with Gasteiger partial charge < -0.3 is 14.6 Å². The van der Waals surface area contributed by atoms with Gasteiger partial charge in [-0.25, -0.2) is 9.48 Å². The molecule has 0 aliphatic carbocycles. The smallest absolute Gasteiger partial charge is 0.343 e. The third-order valence-corrected chi connectivity index (χ3v) is 2.63. The van der Waals surface area contributed by atoms with Crippen molar-refractivity contribution in [2.24, 2.45) is 7.05 Å². The van der Waals surface area contributed by atoms with Gasteiger partial charge in [-0.05, 0) is 19.1 Å². The molecule has 0 saturated heterocycles. The van der Waals surface area contributed by atoms with Crippen LogP contribution in [0.3, 0.4) is 0 Å². The Morgan fingerprint density at radius 2 is 2.33 bits per heavy atom. The fourth-order valence-corrected chi connectivity index (χ4v) is 1.79. The summed E-state index contributed by atoms with van der Waals surface area (Å²) in [6.45, 7) is 2.12. The summed E-state index contributed by atoms with van der Waals surface area (Å²) in [6.07, 6.45) is 3.43. The maximum atomic E-state index is 11.8. The molecule has 0 amide bonds. The van der Waals surface area contributed by atoms with Gasteiger partial charge in [0.05, 0.1) is 12.8 Å². The van der Waals surface area contributed by atoms with Gasteiger partial charge >= 0.3 is 5.97 Å². The zero-order valence-electron chi connectivity index (χ0n) is 10.7. The molecule has 96 valence electrons. The van der Waals surface area contributed by atoms with Crippen molar-refractivity contribution in [3.05, 3.63) is 30.1 Å². The summed E-state index contributed by atoms with van der Waals surface area (Å²) in [6, 6.07) is 3.84. The summed E-state index contributed by atoms with van der Waals surface area (Å²) in [5.74, 6) is 1.12. The molecule has 0 atom stereocenters. The topological polar surface area (TPSA) is 61.1 Å².